The molecule has 1 aromatic rings. The molecule has 24 heavy (non-hydrogen) atoms. The van der Waals surface area contributed by atoms with Gasteiger partial charge in [-0.25, -0.2) is 0 Å². The lowest BCUT2D eigenvalue weighted by Crippen LogP contribution is -2.36. The van der Waals surface area contributed by atoms with E-state index in [0.717, 1.165) is 44.6 Å². The number of ketones is 1. The van der Waals surface area contributed by atoms with E-state index in [2.05, 4.69) is 4.90 Å². The van der Waals surface area contributed by atoms with E-state index in [1.807, 2.05) is 0 Å². The van der Waals surface area contributed by atoms with Gasteiger partial charge in [0, 0.05) is 38.1 Å². The third-order valence-electron chi connectivity index (χ3n) is 4.62. The van der Waals surface area contributed by atoms with Gasteiger partial charge in [0.05, 0.1) is 24.4 Å². The molecule has 1 heterocycles. The van der Waals surface area contributed by atoms with Crippen molar-refractivity contribution in [3.8, 4) is 5.75 Å². The van der Waals surface area contributed by atoms with Crippen LogP contribution in [0.3, 0.4) is 0 Å². The van der Waals surface area contributed by atoms with Gasteiger partial charge in [0.15, 0.2) is 0 Å². The van der Waals surface area contributed by atoms with Crippen LogP contribution in [-0.2, 0) is 16.0 Å². The van der Waals surface area contributed by atoms with Crippen LogP contribution in [0.5, 0.6) is 5.75 Å². The third kappa shape index (κ3) is 5.36. The van der Waals surface area contributed by atoms with Gasteiger partial charge in [0.25, 0.3) is 0 Å². The Kier molecular flexibility index (Phi) is 7.34. The lowest BCUT2D eigenvalue weighted by atomic mass is 9.90. The summed E-state index contributed by atoms with van der Waals surface area (Å²) < 4.78 is 10.4. The number of piperidine rings is 1. The molecular formula is C18H27ClN2O3. The van der Waals surface area contributed by atoms with Gasteiger partial charge >= 0.3 is 0 Å². The van der Waals surface area contributed by atoms with Crippen LogP contribution in [0, 0.1) is 5.92 Å². The van der Waals surface area contributed by atoms with E-state index >= 15 is 0 Å². The van der Waals surface area contributed by atoms with Crippen LogP contribution in [0.15, 0.2) is 12.1 Å². The third-order valence-corrected chi connectivity index (χ3v) is 4.95. The molecular weight excluding hydrogens is 328 g/mol. The average Bonchev–Trinajstić information content (AvgIpc) is 2.57. The lowest BCUT2D eigenvalue weighted by Gasteiger charge is -2.31. The molecule has 0 saturated carbocycles. The first kappa shape index (κ1) is 19.0. The second-order valence-corrected chi connectivity index (χ2v) is 6.79. The minimum Gasteiger partial charge on any atom is -0.496 e. The number of nitrogen functional groups attached to an aromatic ring is 1. The van der Waals surface area contributed by atoms with Crippen LogP contribution in [-0.4, -0.2) is 51.1 Å². The van der Waals surface area contributed by atoms with Crippen molar-refractivity contribution in [1.29, 1.82) is 0 Å². The van der Waals surface area contributed by atoms with E-state index in [1.165, 1.54) is 0 Å². The number of likely N-dealkylation sites (tertiary alicyclic amines) is 1. The second kappa shape index (κ2) is 9.25. The summed E-state index contributed by atoms with van der Waals surface area (Å²) in [5, 5.41) is 0.463. The summed E-state index contributed by atoms with van der Waals surface area (Å²) in [6.45, 7) is 3.82. The summed E-state index contributed by atoms with van der Waals surface area (Å²) in [4.78, 5) is 14.8. The SMILES string of the molecule is COCCN1CCC(CC(=O)Cc2cc(Cl)c(N)cc2OC)CC1. The Morgan fingerprint density at radius 1 is 1.33 bits per heavy atom. The van der Waals surface area contributed by atoms with Gasteiger partial charge in [0.1, 0.15) is 11.5 Å². The van der Waals surface area contributed by atoms with Gasteiger partial charge in [-0.2, -0.15) is 0 Å². The molecule has 1 aliphatic heterocycles. The summed E-state index contributed by atoms with van der Waals surface area (Å²) in [6.07, 6.45) is 3.08. The maximum Gasteiger partial charge on any atom is 0.137 e. The van der Waals surface area contributed by atoms with Crippen molar-refractivity contribution in [2.75, 3.05) is 46.2 Å². The maximum absolute atomic E-state index is 12.4. The van der Waals surface area contributed by atoms with E-state index in [0.29, 0.717) is 35.2 Å². The van der Waals surface area contributed by atoms with Gasteiger partial charge in [0.2, 0.25) is 0 Å². The van der Waals surface area contributed by atoms with Crippen LogP contribution < -0.4 is 10.5 Å². The van der Waals surface area contributed by atoms with E-state index in [9.17, 15) is 4.79 Å². The lowest BCUT2D eigenvalue weighted by molar-refractivity contribution is -0.119. The molecule has 2 N–H and O–H groups in total. The van der Waals surface area contributed by atoms with Crippen molar-refractivity contribution in [3.05, 3.63) is 22.7 Å². The highest BCUT2D eigenvalue weighted by Gasteiger charge is 2.22. The van der Waals surface area contributed by atoms with Crippen molar-refractivity contribution < 1.29 is 14.3 Å². The number of benzene rings is 1. The summed E-state index contributed by atoms with van der Waals surface area (Å²) in [5.41, 5.74) is 7.05. The first-order valence-corrected chi connectivity index (χ1v) is 8.76. The molecule has 6 heteroatoms. The Hall–Kier alpha value is -1.30. The van der Waals surface area contributed by atoms with Crippen molar-refractivity contribution >= 4 is 23.1 Å². The molecule has 0 radical (unpaired) electrons. The fraction of sp³-hybridized carbons (Fsp3) is 0.611. The van der Waals surface area contributed by atoms with Gasteiger partial charge in [-0.05, 0) is 37.9 Å². The monoisotopic (exact) mass is 354 g/mol. The first-order chi connectivity index (χ1) is 11.5. The molecule has 1 saturated heterocycles. The van der Waals surface area contributed by atoms with Crippen LogP contribution in [0.25, 0.3) is 0 Å². The highest BCUT2D eigenvalue weighted by atomic mass is 35.5. The zero-order valence-electron chi connectivity index (χ0n) is 14.5. The minimum absolute atomic E-state index is 0.226. The normalized spacial score (nSPS) is 16.3. The molecule has 0 amide bonds. The molecule has 134 valence electrons. The Morgan fingerprint density at radius 3 is 2.67 bits per heavy atom. The highest BCUT2D eigenvalue weighted by Crippen LogP contribution is 2.30. The van der Waals surface area contributed by atoms with Crippen molar-refractivity contribution in [2.45, 2.75) is 25.7 Å². The summed E-state index contributed by atoms with van der Waals surface area (Å²) in [7, 11) is 3.30. The zero-order valence-corrected chi connectivity index (χ0v) is 15.3. The van der Waals surface area contributed by atoms with E-state index < -0.39 is 0 Å². The van der Waals surface area contributed by atoms with Gasteiger partial charge in [-0.15, -0.1) is 0 Å². The maximum atomic E-state index is 12.4. The quantitative estimate of drug-likeness (QED) is 0.727. The summed E-state index contributed by atoms with van der Waals surface area (Å²) >= 11 is 6.07. The Balaban J connectivity index is 1.85. The van der Waals surface area contributed by atoms with Crippen LogP contribution in [0.4, 0.5) is 5.69 Å². The van der Waals surface area contributed by atoms with Gasteiger partial charge < -0.3 is 20.1 Å². The highest BCUT2D eigenvalue weighted by molar-refractivity contribution is 6.33. The molecule has 0 spiro atoms. The molecule has 0 unspecified atom stereocenters. The Bertz CT molecular complexity index is 557. The number of methoxy groups -OCH3 is 2. The summed E-state index contributed by atoms with van der Waals surface area (Å²) in [5.74, 6) is 1.32. The number of Topliss-reactive ketones (excluding diaryl/α,β-unsaturated/α-hetero) is 1. The average molecular weight is 355 g/mol. The molecule has 1 aromatic carbocycles. The van der Waals surface area contributed by atoms with E-state index in [-0.39, 0.29) is 5.78 Å². The number of ether oxygens (including phenoxy) is 2. The van der Waals surface area contributed by atoms with Crippen molar-refractivity contribution in [2.24, 2.45) is 5.92 Å². The standard InChI is InChI=1S/C18H27ClN2O3/c1-23-8-7-21-5-3-13(4-6-21)9-15(22)10-14-11-16(19)17(20)12-18(14)24-2/h11-13H,3-10,20H2,1-2H3. The fourth-order valence-electron chi connectivity index (χ4n) is 3.18. The molecule has 0 bridgehead atoms. The molecule has 0 atom stereocenters. The molecule has 0 aromatic heterocycles. The molecule has 0 aliphatic carbocycles. The molecule has 1 aliphatic rings. The number of nitrogens with zero attached hydrogens (tertiary/aromatic N) is 1. The molecule has 5 nitrogen and oxygen atoms in total. The Labute approximate surface area is 149 Å². The first-order valence-electron chi connectivity index (χ1n) is 8.38. The van der Waals surface area contributed by atoms with Crippen molar-refractivity contribution in [1.82, 2.24) is 4.90 Å². The number of halogens is 1. The smallest absolute Gasteiger partial charge is 0.137 e. The fourth-order valence-corrected chi connectivity index (χ4v) is 3.37. The molecule has 2 rings (SSSR count). The largest absolute Gasteiger partial charge is 0.496 e. The van der Waals surface area contributed by atoms with Crippen LogP contribution in [0.2, 0.25) is 5.02 Å². The number of hydrogen-bond acceptors (Lipinski definition) is 5. The topological polar surface area (TPSA) is 64.8 Å². The second-order valence-electron chi connectivity index (χ2n) is 6.38. The minimum atomic E-state index is 0.226. The van der Waals surface area contributed by atoms with Gasteiger partial charge in [-0.1, -0.05) is 11.6 Å². The number of carbonyl (C=O) groups excluding carboxylic acids is 1. The number of anilines is 1. The van der Waals surface area contributed by atoms with Crippen LogP contribution in [0.1, 0.15) is 24.8 Å². The Morgan fingerprint density at radius 2 is 2.04 bits per heavy atom. The van der Waals surface area contributed by atoms with Gasteiger partial charge in [-0.3, -0.25) is 4.79 Å². The number of hydrogen-bond donors (Lipinski definition) is 1. The number of nitrogens with two attached hydrogens (primary N) is 1. The van der Waals surface area contributed by atoms with Crippen molar-refractivity contribution in [3.63, 3.8) is 0 Å². The predicted molar refractivity (Wildman–Crippen MR) is 96.8 cm³/mol. The summed E-state index contributed by atoms with van der Waals surface area (Å²) in [6, 6.07) is 3.42. The number of rotatable bonds is 8. The predicted octanol–water partition coefficient (Wildman–Crippen LogP) is 2.79. The number of carbonyl (C=O) groups is 1. The molecule has 1 fully saturated rings. The van der Waals surface area contributed by atoms with E-state index in [1.54, 1.807) is 26.4 Å². The van der Waals surface area contributed by atoms with Crippen LogP contribution >= 0.6 is 11.6 Å². The zero-order chi connectivity index (χ0) is 17.5. The van der Waals surface area contributed by atoms with E-state index in [4.69, 9.17) is 26.8 Å².